The summed E-state index contributed by atoms with van der Waals surface area (Å²) in [6.45, 7) is 0.949. The highest BCUT2D eigenvalue weighted by Crippen LogP contribution is 2.37. The third-order valence-corrected chi connectivity index (χ3v) is 5.08. The van der Waals surface area contributed by atoms with E-state index in [1.165, 1.54) is 0 Å². The molecule has 6 heteroatoms. The predicted octanol–water partition coefficient (Wildman–Crippen LogP) is 0.857. The highest BCUT2D eigenvalue weighted by molar-refractivity contribution is 5.81. The Bertz CT molecular complexity index is 393. The molecule has 2 fully saturated rings. The second-order valence-electron chi connectivity index (χ2n) is 6.29. The Balaban J connectivity index is 2.15. The lowest BCUT2D eigenvalue weighted by atomic mass is 9.77. The summed E-state index contributed by atoms with van der Waals surface area (Å²) in [5.74, 6) is -1.04. The number of nitrogens with zero attached hydrogens (tertiary/aromatic N) is 1. The second kappa shape index (κ2) is 6.75. The number of rotatable bonds is 5. The maximum Gasteiger partial charge on any atom is 0.305 e. The maximum atomic E-state index is 12.8. The third-order valence-electron chi connectivity index (χ3n) is 5.08. The Hall–Kier alpha value is -1.14. The van der Waals surface area contributed by atoms with E-state index in [0.29, 0.717) is 13.2 Å². The van der Waals surface area contributed by atoms with Gasteiger partial charge in [-0.15, -0.1) is 0 Å². The molecule has 2 rings (SSSR count). The van der Waals surface area contributed by atoms with Gasteiger partial charge in [0.15, 0.2) is 0 Å². The van der Waals surface area contributed by atoms with E-state index in [0.717, 1.165) is 32.1 Å². The van der Waals surface area contributed by atoms with E-state index in [9.17, 15) is 14.7 Å². The fourth-order valence-corrected chi connectivity index (χ4v) is 3.69. The third kappa shape index (κ3) is 3.37. The SMILES string of the molecule is CNC1COCC1C(=O)N(C)C1(CC(=O)O)CCCCC1. The molecule has 0 radical (unpaired) electrons. The van der Waals surface area contributed by atoms with E-state index in [2.05, 4.69) is 5.32 Å². The Morgan fingerprint density at radius 2 is 1.95 bits per heavy atom. The first kappa shape index (κ1) is 16.2. The Labute approximate surface area is 125 Å². The number of carbonyl (C=O) groups is 2. The zero-order valence-electron chi connectivity index (χ0n) is 12.9. The molecule has 6 nitrogen and oxygen atoms in total. The number of amides is 1. The van der Waals surface area contributed by atoms with Crippen molar-refractivity contribution in [1.29, 1.82) is 0 Å². The molecule has 0 aromatic carbocycles. The molecule has 21 heavy (non-hydrogen) atoms. The van der Waals surface area contributed by atoms with Gasteiger partial charge in [0.25, 0.3) is 0 Å². The molecular weight excluding hydrogens is 272 g/mol. The van der Waals surface area contributed by atoms with Crippen LogP contribution in [0.2, 0.25) is 0 Å². The van der Waals surface area contributed by atoms with Crippen LogP contribution in [0, 0.1) is 5.92 Å². The van der Waals surface area contributed by atoms with Gasteiger partial charge in [0.05, 0.1) is 31.1 Å². The second-order valence-corrected chi connectivity index (χ2v) is 6.29. The van der Waals surface area contributed by atoms with Gasteiger partial charge in [-0.25, -0.2) is 0 Å². The first-order valence-corrected chi connectivity index (χ1v) is 7.75. The van der Waals surface area contributed by atoms with Crippen LogP contribution in [0.3, 0.4) is 0 Å². The van der Waals surface area contributed by atoms with Crippen molar-refractivity contribution in [3.8, 4) is 0 Å². The molecule has 1 aliphatic heterocycles. The van der Waals surface area contributed by atoms with Gasteiger partial charge in [-0.2, -0.15) is 0 Å². The van der Waals surface area contributed by atoms with Gasteiger partial charge in [0, 0.05) is 13.1 Å². The van der Waals surface area contributed by atoms with E-state index < -0.39 is 11.5 Å². The van der Waals surface area contributed by atoms with Crippen LogP contribution in [-0.2, 0) is 14.3 Å². The number of hydrogen-bond donors (Lipinski definition) is 2. The lowest BCUT2D eigenvalue weighted by molar-refractivity contribution is -0.148. The van der Waals surface area contributed by atoms with E-state index in [1.54, 1.807) is 11.9 Å². The standard InChI is InChI=1S/C15H26N2O4/c1-16-12-10-21-9-11(12)14(20)17(2)15(8-13(18)19)6-4-3-5-7-15/h11-12,16H,3-10H2,1-2H3,(H,18,19). The monoisotopic (exact) mass is 298 g/mol. The summed E-state index contributed by atoms with van der Waals surface area (Å²) < 4.78 is 5.41. The van der Waals surface area contributed by atoms with Crippen molar-refractivity contribution in [3.05, 3.63) is 0 Å². The predicted molar refractivity (Wildman–Crippen MR) is 78.0 cm³/mol. The van der Waals surface area contributed by atoms with Crippen molar-refractivity contribution in [2.75, 3.05) is 27.3 Å². The van der Waals surface area contributed by atoms with Crippen molar-refractivity contribution >= 4 is 11.9 Å². The number of carbonyl (C=O) groups excluding carboxylic acids is 1. The topological polar surface area (TPSA) is 78.9 Å². The minimum Gasteiger partial charge on any atom is -0.481 e. The van der Waals surface area contributed by atoms with Gasteiger partial charge in [-0.05, 0) is 19.9 Å². The molecule has 2 unspecified atom stereocenters. The van der Waals surface area contributed by atoms with Crippen LogP contribution < -0.4 is 5.32 Å². The minimum atomic E-state index is -0.829. The number of likely N-dealkylation sites (N-methyl/N-ethyl adjacent to an activating group) is 1. The number of nitrogens with one attached hydrogen (secondary N) is 1. The Morgan fingerprint density at radius 1 is 1.29 bits per heavy atom. The average molecular weight is 298 g/mol. The van der Waals surface area contributed by atoms with Crippen molar-refractivity contribution in [2.24, 2.45) is 5.92 Å². The molecule has 1 aliphatic carbocycles. The van der Waals surface area contributed by atoms with Crippen molar-refractivity contribution in [3.63, 3.8) is 0 Å². The van der Waals surface area contributed by atoms with E-state index in [4.69, 9.17) is 4.74 Å². The van der Waals surface area contributed by atoms with Crippen LogP contribution >= 0.6 is 0 Å². The van der Waals surface area contributed by atoms with Crippen LogP contribution in [0.1, 0.15) is 38.5 Å². The number of carboxylic acid groups (broad SMARTS) is 1. The minimum absolute atomic E-state index is 0.00926. The molecule has 1 saturated carbocycles. The summed E-state index contributed by atoms with van der Waals surface area (Å²) in [5, 5.41) is 12.4. The average Bonchev–Trinajstić information content (AvgIpc) is 2.94. The molecule has 120 valence electrons. The van der Waals surface area contributed by atoms with Crippen LogP contribution in [0.4, 0.5) is 0 Å². The summed E-state index contributed by atoms with van der Waals surface area (Å²) in [6, 6.07) is 0.0189. The largest absolute Gasteiger partial charge is 0.481 e. The Kier molecular flexibility index (Phi) is 5.22. The van der Waals surface area contributed by atoms with Crippen LogP contribution in [0.5, 0.6) is 0 Å². The fraction of sp³-hybridized carbons (Fsp3) is 0.867. The summed E-state index contributed by atoms with van der Waals surface area (Å²) in [7, 11) is 3.59. The summed E-state index contributed by atoms with van der Waals surface area (Å²) in [5.41, 5.74) is -0.526. The van der Waals surface area contributed by atoms with Crippen LogP contribution in [-0.4, -0.2) is 60.8 Å². The van der Waals surface area contributed by atoms with Gasteiger partial charge < -0.3 is 20.1 Å². The smallest absolute Gasteiger partial charge is 0.305 e. The normalized spacial score (nSPS) is 28.3. The first-order chi connectivity index (χ1) is 10.00. The van der Waals surface area contributed by atoms with Gasteiger partial charge in [0.2, 0.25) is 5.91 Å². The van der Waals surface area contributed by atoms with E-state index in [-0.39, 0.29) is 24.3 Å². The number of ether oxygens (including phenoxy) is 1. The van der Waals surface area contributed by atoms with Gasteiger partial charge in [0.1, 0.15) is 0 Å². The molecule has 1 saturated heterocycles. The molecule has 0 spiro atoms. The van der Waals surface area contributed by atoms with Gasteiger partial charge in [-0.1, -0.05) is 19.3 Å². The number of carboxylic acids is 1. The molecule has 1 heterocycles. The molecule has 2 N–H and O–H groups in total. The zero-order valence-corrected chi connectivity index (χ0v) is 12.9. The molecule has 0 aromatic heterocycles. The molecule has 0 bridgehead atoms. The number of hydrogen-bond acceptors (Lipinski definition) is 4. The highest BCUT2D eigenvalue weighted by Gasteiger charge is 2.44. The van der Waals surface area contributed by atoms with Gasteiger partial charge >= 0.3 is 5.97 Å². The van der Waals surface area contributed by atoms with Crippen LogP contribution in [0.25, 0.3) is 0 Å². The van der Waals surface area contributed by atoms with Crippen molar-refractivity contribution < 1.29 is 19.4 Å². The van der Waals surface area contributed by atoms with E-state index in [1.807, 2.05) is 7.05 Å². The lowest BCUT2D eigenvalue weighted by Gasteiger charge is -2.45. The summed E-state index contributed by atoms with van der Waals surface area (Å²) in [4.78, 5) is 25.8. The quantitative estimate of drug-likeness (QED) is 0.787. The zero-order chi connectivity index (χ0) is 15.5. The lowest BCUT2D eigenvalue weighted by Crippen LogP contribution is -2.55. The maximum absolute atomic E-state index is 12.8. The van der Waals surface area contributed by atoms with Gasteiger partial charge in [-0.3, -0.25) is 9.59 Å². The molecule has 2 atom stereocenters. The number of aliphatic carboxylic acids is 1. The first-order valence-electron chi connectivity index (χ1n) is 7.75. The molecular formula is C15H26N2O4. The van der Waals surface area contributed by atoms with E-state index >= 15 is 0 Å². The van der Waals surface area contributed by atoms with Crippen molar-refractivity contribution in [1.82, 2.24) is 10.2 Å². The summed E-state index contributed by atoms with van der Waals surface area (Å²) >= 11 is 0. The molecule has 1 amide bonds. The van der Waals surface area contributed by atoms with Crippen LogP contribution in [0.15, 0.2) is 0 Å². The molecule has 0 aromatic rings. The highest BCUT2D eigenvalue weighted by atomic mass is 16.5. The fourth-order valence-electron chi connectivity index (χ4n) is 3.69. The summed E-state index contributed by atoms with van der Waals surface area (Å²) in [6.07, 6.45) is 4.68. The Morgan fingerprint density at radius 3 is 2.52 bits per heavy atom. The van der Waals surface area contributed by atoms with Crippen molar-refractivity contribution in [2.45, 2.75) is 50.1 Å². The molecule has 2 aliphatic rings.